The molecule has 0 aliphatic rings. The van der Waals surface area contributed by atoms with Gasteiger partial charge in [0.05, 0.1) is 17.7 Å². The summed E-state index contributed by atoms with van der Waals surface area (Å²) >= 11 is 0. The van der Waals surface area contributed by atoms with E-state index in [-0.39, 0.29) is 12.0 Å². The van der Waals surface area contributed by atoms with E-state index in [1.165, 1.54) is 0 Å². The maximum atomic E-state index is 9.96. The Balaban J connectivity index is 4.21. The molecular weight excluding hydrogens is 164 g/mol. The smallest absolute Gasteiger partial charge is 0.0947 e. The van der Waals surface area contributed by atoms with Crippen LogP contribution in [0.15, 0.2) is 0 Å². The number of nitriles is 1. The van der Waals surface area contributed by atoms with Crippen LogP contribution in [0.3, 0.4) is 0 Å². The zero-order chi connectivity index (χ0) is 10.6. The first-order valence-electron chi connectivity index (χ1n) is 4.63. The van der Waals surface area contributed by atoms with Gasteiger partial charge in [0.15, 0.2) is 0 Å². The average molecular weight is 184 g/mol. The third kappa shape index (κ3) is 3.75. The molecule has 0 saturated heterocycles. The van der Waals surface area contributed by atoms with E-state index in [9.17, 15) is 5.11 Å². The Hall–Kier alpha value is -0.590. The van der Waals surface area contributed by atoms with Crippen molar-refractivity contribution in [3.63, 3.8) is 0 Å². The predicted octanol–water partition coefficient (Wildman–Crippen LogP) is 1.24. The van der Waals surface area contributed by atoms with Crippen LogP contribution in [0.5, 0.6) is 0 Å². The molecule has 0 rings (SSSR count). The SMILES string of the molecule is CC(C#N)N(C)CC(C)(O)C(C)C. The van der Waals surface area contributed by atoms with Gasteiger partial charge in [-0.2, -0.15) is 5.26 Å². The number of hydrogen-bond acceptors (Lipinski definition) is 3. The monoisotopic (exact) mass is 184 g/mol. The van der Waals surface area contributed by atoms with Crippen LogP contribution in [0.4, 0.5) is 0 Å². The summed E-state index contributed by atoms with van der Waals surface area (Å²) in [6.07, 6.45) is 0. The van der Waals surface area contributed by atoms with Gasteiger partial charge >= 0.3 is 0 Å². The average Bonchev–Trinajstić information content (AvgIpc) is 2.01. The second-order valence-electron chi connectivity index (χ2n) is 4.23. The van der Waals surface area contributed by atoms with Crippen molar-refractivity contribution < 1.29 is 5.11 Å². The van der Waals surface area contributed by atoms with Gasteiger partial charge in [0.25, 0.3) is 0 Å². The Bertz CT molecular complexity index is 194. The van der Waals surface area contributed by atoms with Crippen molar-refractivity contribution in [3.8, 4) is 6.07 Å². The topological polar surface area (TPSA) is 47.3 Å². The van der Waals surface area contributed by atoms with Gasteiger partial charge in [-0.1, -0.05) is 13.8 Å². The third-order valence-electron chi connectivity index (χ3n) is 2.66. The molecule has 0 radical (unpaired) electrons. The molecule has 2 unspecified atom stereocenters. The summed E-state index contributed by atoms with van der Waals surface area (Å²) in [5, 5.41) is 18.6. The first-order valence-corrected chi connectivity index (χ1v) is 4.63. The molecule has 0 aromatic carbocycles. The van der Waals surface area contributed by atoms with Crippen LogP contribution in [0, 0.1) is 17.2 Å². The number of nitrogens with zero attached hydrogens (tertiary/aromatic N) is 2. The van der Waals surface area contributed by atoms with Gasteiger partial charge in [0.1, 0.15) is 0 Å². The summed E-state index contributed by atoms with van der Waals surface area (Å²) in [5.41, 5.74) is -0.722. The molecule has 1 N–H and O–H groups in total. The summed E-state index contributed by atoms with van der Waals surface area (Å²) in [4.78, 5) is 1.86. The Morgan fingerprint density at radius 3 is 2.23 bits per heavy atom. The highest BCUT2D eigenvalue weighted by molar-refractivity contribution is 4.90. The highest BCUT2D eigenvalue weighted by atomic mass is 16.3. The molecule has 0 saturated carbocycles. The van der Waals surface area contributed by atoms with E-state index >= 15 is 0 Å². The lowest BCUT2D eigenvalue weighted by atomic mass is 9.92. The largest absolute Gasteiger partial charge is 0.389 e. The fraction of sp³-hybridized carbons (Fsp3) is 0.900. The molecule has 2 atom stereocenters. The fourth-order valence-corrected chi connectivity index (χ4v) is 0.923. The van der Waals surface area contributed by atoms with Crippen LogP contribution in [0.1, 0.15) is 27.7 Å². The molecule has 0 bridgehead atoms. The maximum absolute atomic E-state index is 9.96. The van der Waals surface area contributed by atoms with Crippen LogP contribution >= 0.6 is 0 Å². The second kappa shape index (κ2) is 4.59. The van der Waals surface area contributed by atoms with Crippen LogP contribution in [0.25, 0.3) is 0 Å². The maximum Gasteiger partial charge on any atom is 0.0947 e. The van der Waals surface area contributed by atoms with Gasteiger partial charge in [0.2, 0.25) is 0 Å². The number of rotatable bonds is 4. The minimum atomic E-state index is -0.722. The number of hydrogen-bond donors (Lipinski definition) is 1. The molecule has 0 spiro atoms. The second-order valence-corrected chi connectivity index (χ2v) is 4.23. The van der Waals surface area contributed by atoms with Gasteiger partial charge in [-0.3, -0.25) is 4.90 Å². The van der Waals surface area contributed by atoms with Crippen molar-refractivity contribution in [1.82, 2.24) is 4.90 Å². The van der Waals surface area contributed by atoms with E-state index in [1.54, 1.807) is 6.92 Å². The Morgan fingerprint density at radius 1 is 1.46 bits per heavy atom. The first-order chi connectivity index (χ1) is 5.81. The zero-order valence-corrected chi connectivity index (χ0v) is 9.20. The zero-order valence-electron chi connectivity index (χ0n) is 9.20. The van der Waals surface area contributed by atoms with Gasteiger partial charge < -0.3 is 5.11 Å². The van der Waals surface area contributed by atoms with Crippen LogP contribution in [-0.4, -0.2) is 35.2 Å². The Kier molecular flexibility index (Phi) is 4.38. The van der Waals surface area contributed by atoms with Crippen LogP contribution in [0.2, 0.25) is 0 Å². The van der Waals surface area contributed by atoms with E-state index < -0.39 is 5.60 Å². The fourth-order valence-electron chi connectivity index (χ4n) is 0.923. The molecule has 0 aromatic heterocycles. The summed E-state index contributed by atoms with van der Waals surface area (Å²) in [5.74, 6) is 0.195. The van der Waals surface area contributed by atoms with Gasteiger partial charge in [-0.25, -0.2) is 0 Å². The van der Waals surface area contributed by atoms with Crippen molar-refractivity contribution in [2.24, 2.45) is 5.92 Å². The summed E-state index contributed by atoms with van der Waals surface area (Å²) in [6, 6.07) is 1.99. The molecule has 0 amide bonds. The molecule has 0 aliphatic carbocycles. The van der Waals surface area contributed by atoms with E-state index in [4.69, 9.17) is 5.26 Å². The molecule has 0 aromatic rings. The van der Waals surface area contributed by atoms with Gasteiger partial charge in [0, 0.05) is 6.54 Å². The molecule has 3 heteroatoms. The molecule has 76 valence electrons. The highest BCUT2D eigenvalue weighted by Gasteiger charge is 2.27. The van der Waals surface area contributed by atoms with Crippen molar-refractivity contribution >= 4 is 0 Å². The lowest BCUT2D eigenvalue weighted by Crippen LogP contribution is -2.45. The number of likely N-dealkylation sites (N-methyl/N-ethyl adjacent to an activating group) is 1. The minimum Gasteiger partial charge on any atom is -0.389 e. The first kappa shape index (κ1) is 12.4. The summed E-state index contributed by atoms with van der Waals surface area (Å²) in [6.45, 7) is 8.11. The predicted molar refractivity (Wildman–Crippen MR) is 53.2 cm³/mol. The molecule has 3 nitrogen and oxygen atoms in total. The Morgan fingerprint density at radius 2 is 1.92 bits per heavy atom. The normalized spacial score (nSPS) is 18.4. The summed E-state index contributed by atoms with van der Waals surface area (Å²) in [7, 11) is 1.85. The minimum absolute atomic E-state index is 0.148. The molecule has 0 fully saturated rings. The van der Waals surface area contributed by atoms with E-state index in [1.807, 2.05) is 32.7 Å². The van der Waals surface area contributed by atoms with Crippen molar-refractivity contribution in [1.29, 1.82) is 5.26 Å². The van der Waals surface area contributed by atoms with Crippen molar-refractivity contribution in [3.05, 3.63) is 0 Å². The standard InChI is InChI=1S/C10H20N2O/c1-8(2)10(4,13)7-12(5)9(3)6-11/h8-9,13H,7H2,1-5H3. The van der Waals surface area contributed by atoms with Crippen molar-refractivity contribution in [2.45, 2.75) is 39.3 Å². The highest BCUT2D eigenvalue weighted by Crippen LogP contribution is 2.17. The van der Waals surface area contributed by atoms with Gasteiger partial charge in [-0.15, -0.1) is 0 Å². The van der Waals surface area contributed by atoms with Crippen LogP contribution < -0.4 is 0 Å². The lowest BCUT2D eigenvalue weighted by molar-refractivity contribution is -0.0164. The van der Waals surface area contributed by atoms with E-state index in [0.29, 0.717) is 6.54 Å². The van der Waals surface area contributed by atoms with E-state index in [0.717, 1.165) is 0 Å². The third-order valence-corrected chi connectivity index (χ3v) is 2.66. The van der Waals surface area contributed by atoms with E-state index in [2.05, 4.69) is 6.07 Å². The number of aliphatic hydroxyl groups is 1. The van der Waals surface area contributed by atoms with Gasteiger partial charge in [-0.05, 0) is 26.8 Å². The molecule has 13 heavy (non-hydrogen) atoms. The van der Waals surface area contributed by atoms with Crippen LogP contribution in [-0.2, 0) is 0 Å². The summed E-state index contributed by atoms with van der Waals surface area (Å²) < 4.78 is 0. The molecule has 0 heterocycles. The molecule has 0 aliphatic heterocycles. The Labute approximate surface area is 81.0 Å². The molecular formula is C10H20N2O. The quantitative estimate of drug-likeness (QED) is 0.715. The lowest BCUT2D eigenvalue weighted by Gasteiger charge is -2.33. The van der Waals surface area contributed by atoms with Crippen molar-refractivity contribution in [2.75, 3.05) is 13.6 Å².